The van der Waals surface area contributed by atoms with Crippen molar-refractivity contribution >= 4 is 34.7 Å². The summed E-state index contributed by atoms with van der Waals surface area (Å²) in [5, 5.41) is 0.560. The van der Waals surface area contributed by atoms with Crippen LogP contribution in [0.2, 0.25) is 5.02 Å². The molecule has 100 valence electrons. The van der Waals surface area contributed by atoms with Crippen LogP contribution in [0.25, 0.3) is 0 Å². The molecule has 0 fully saturated rings. The van der Waals surface area contributed by atoms with Crippen LogP contribution in [0.15, 0.2) is 28.1 Å². The Morgan fingerprint density at radius 1 is 1.16 bits per heavy atom. The molecule has 0 aliphatic heterocycles. The first-order valence-corrected chi connectivity index (χ1v) is 6.74. The molecule has 6 heteroatoms. The van der Waals surface area contributed by atoms with E-state index in [0.29, 0.717) is 5.03 Å². The molecule has 0 aliphatic carbocycles. The molecule has 0 aliphatic rings. The topological polar surface area (TPSA) is 64.9 Å². The first-order chi connectivity index (χ1) is 8.88. The van der Waals surface area contributed by atoms with Gasteiger partial charge in [0.2, 0.25) is 0 Å². The molecule has 0 atom stereocenters. The number of halogens is 2. The summed E-state index contributed by atoms with van der Waals surface area (Å²) in [5.41, 5.74) is 13.6. The largest absolute Gasteiger partial charge is 0.398 e. The molecule has 0 saturated heterocycles. The molecule has 0 amide bonds. The number of hydrogen-bond donors (Lipinski definition) is 2. The number of nitrogens with zero attached hydrogens (tertiary/aromatic N) is 1. The molecular weight excluding hydrogens is 285 g/mol. The van der Waals surface area contributed by atoms with Crippen LogP contribution in [0.3, 0.4) is 0 Å². The fourth-order valence-electron chi connectivity index (χ4n) is 1.71. The van der Waals surface area contributed by atoms with Crippen LogP contribution in [-0.2, 0) is 0 Å². The maximum Gasteiger partial charge on any atom is 0.159 e. The van der Waals surface area contributed by atoms with Crippen LogP contribution < -0.4 is 11.5 Å². The van der Waals surface area contributed by atoms with Gasteiger partial charge in [0.15, 0.2) is 5.82 Å². The zero-order chi connectivity index (χ0) is 14.2. The number of benzene rings is 1. The molecule has 1 heterocycles. The first kappa shape index (κ1) is 14.0. The summed E-state index contributed by atoms with van der Waals surface area (Å²) in [6, 6.07) is 5.26. The van der Waals surface area contributed by atoms with Gasteiger partial charge in [0.05, 0.1) is 16.3 Å². The number of hydrogen-bond acceptors (Lipinski definition) is 4. The SMILES string of the molecule is Cc1cc(C)nc(Sc2c(N)cc(N)c(Cl)c2F)c1. The molecule has 1 aromatic carbocycles. The average Bonchev–Trinajstić information content (AvgIpc) is 2.31. The molecule has 2 aromatic rings. The lowest BCUT2D eigenvalue weighted by Crippen LogP contribution is -1.98. The Morgan fingerprint density at radius 2 is 1.84 bits per heavy atom. The fourth-order valence-corrected chi connectivity index (χ4v) is 2.93. The number of aryl methyl sites for hydroxylation is 2. The third kappa shape index (κ3) is 2.93. The van der Waals surface area contributed by atoms with E-state index in [1.165, 1.54) is 6.07 Å². The third-order valence-electron chi connectivity index (χ3n) is 2.50. The number of nitrogen functional groups attached to an aromatic ring is 2. The van der Waals surface area contributed by atoms with Crippen molar-refractivity contribution < 1.29 is 4.39 Å². The first-order valence-electron chi connectivity index (χ1n) is 5.54. The minimum Gasteiger partial charge on any atom is -0.398 e. The smallest absolute Gasteiger partial charge is 0.159 e. The van der Waals surface area contributed by atoms with Gasteiger partial charge in [-0.05, 0) is 37.6 Å². The zero-order valence-electron chi connectivity index (χ0n) is 10.5. The van der Waals surface area contributed by atoms with E-state index in [9.17, 15) is 4.39 Å². The molecule has 2 rings (SSSR count). The highest BCUT2D eigenvalue weighted by atomic mass is 35.5. The maximum absolute atomic E-state index is 14.1. The van der Waals surface area contributed by atoms with Crippen molar-refractivity contribution in [2.45, 2.75) is 23.8 Å². The summed E-state index contributed by atoms with van der Waals surface area (Å²) in [6.07, 6.45) is 0. The van der Waals surface area contributed by atoms with Crippen LogP contribution in [0.4, 0.5) is 15.8 Å². The second-order valence-electron chi connectivity index (χ2n) is 4.24. The van der Waals surface area contributed by atoms with Crippen LogP contribution in [0.5, 0.6) is 0 Å². The summed E-state index contributed by atoms with van der Waals surface area (Å²) in [6.45, 7) is 3.83. The van der Waals surface area contributed by atoms with Crippen LogP contribution in [0, 0.1) is 19.7 Å². The Labute approximate surface area is 120 Å². The van der Waals surface area contributed by atoms with E-state index in [-0.39, 0.29) is 21.3 Å². The fraction of sp³-hybridized carbons (Fsp3) is 0.154. The number of rotatable bonds is 2. The lowest BCUT2D eigenvalue weighted by Gasteiger charge is -2.10. The summed E-state index contributed by atoms with van der Waals surface area (Å²) >= 11 is 6.94. The summed E-state index contributed by atoms with van der Waals surface area (Å²) in [5.74, 6) is -0.606. The number of aromatic nitrogens is 1. The van der Waals surface area contributed by atoms with Crippen LogP contribution in [0.1, 0.15) is 11.3 Å². The molecule has 4 N–H and O–H groups in total. The Morgan fingerprint density at radius 3 is 2.47 bits per heavy atom. The van der Waals surface area contributed by atoms with E-state index >= 15 is 0 Å². The molecule has 0 bridgehead atoms. The van der Waals surface area contributed by atoms with E-state index in [2.05, 4.69) is 4.98 Å². The van der Waals surface area contributed by atoms with Gasteiger partial charge in [0.25, 0.3) is 0 Å². The predicted molar refractivity (Wildman–Crippen MR) is 78.1 cm³/mol. The Balaban J connectivity index is 2.46. The lowest BCUT2D eigenvalue weighted by atomic mass is 10.2. The van der Waals surface area contributed by atoms with Gasteiger partial charge in [-0.25, -0.2) is 9.37 Å². The van der Waals surface area contributed by atoms with E-state index in [1.807, 2.05) is 26.0 Å². The normalized spacial score (nSPS) is 10.7. The van der Waals surface area contributed by atoms with Gasteiger partial charge in [-0.2, -0.15) is 0 Å². The van der Waals surface area contributed by atoms with Crippen LogP contribution in [-0.4, -0.2) is 4.98 Å². The van der Waals surface area contributed by atoms with Crippen molar-refractivity contribution in [2.75, 3.05) is 11.5 Å². The molecule has 3 nitrogen and oxygen atoms in total. The van der Waals surface area contributed by atoms with E-state index in [0.717, 1.165) is 23.0 Å². The maximum atomic E-state index is 14.1. The van der Waals surface area contributed by atoms with Crippen molar-refractivity contribution in [1.29, 1.82) is 0 Å². The summed E-state index contributed by atoms with van der Waals surface area (Å²) < 4.78 is 14.1. The average molecular weight is 298 g/mol. The number of nitrogens with two attached hydrogens (primary N) is 2. The molecule has 0 saturated carbocycles. The third-order valence-corrected chi connectivity index (χ3v) is 3.92. The number of pyridine rings is 1. The predicted octanol–water partition coefficient (Wildman–Crippen LogP) is 3.81. The number of anilines is 2. The van der Waals surface area contributed by atoms with Gasteiger partial charge in [0.1, 0.15) is 10.0 Å². The highest BCUT2D eigenvalue weighted by Gasteiger charge is 2.16. The van der Waals surface area contributed by atoms with Crippen molar-refractivity contribution in [1.82, 2.24) is 4.98 Å². The van der Waals surface area contributed by atoms with Gasteiger partial charge >= 0.3 is 0 Å². The van der Waals surface area contributed by atoms with Gasteiger partial charge in [0, 0.05) is 5.69 Å². The molecular formula is C13H13ClFN3S. The monoisotopic (exact) mass is 297 g/mol. The molecule has 0 spiro atoms. The minimum absolute atomic E-state index is 0.110. The van der Waals surface area contributed by atoms with Gasteiger partial charge in [-0.1, -0.05) is 23.4 Å². The van der Waals surface area contributed by atoms with Crippen molar-refractivity contribution in [2.24, 2.45) is 0 Å². The Kier molecular flexibility index (Phi) is 3.87. The molecule has 1 aromatic heterocycles. The zero-order valence-corrected chi connectivity index (χ0v) is 12.1. The second kappa shape index (κ2) is 5.27. The lowest BCUT2D eigenvalue weighted by molar-refractivity contribution is 0.604. The highest BCUT2D eigenvalue weighted by Crippen LogP contribution is 2.39. The van der Waals surface area contributed by atoms with Crippen molar-refractivity contribution in [3.63, 3.8) is 0 Å². The van der Waals surface area contributed by atoms with Gasteiger partial charge in [-0.15, -0.1) is 0 Å². The van der Waals surface area contributed by atoms with E-state index < -0.39 is 5.82 Å². The van der Waals surface area contributed by atoms with E-state index in [1.54, 1.807) is 0 Å². The van der Waals surface area contributed by atoms with Gasteiger partial charge in [-0.3, -0.25) is 0 Å². The Hall–Kier alpha value is -1.46. The van der Waals surface area contributed by atoms with Crippen LogP contribution >= 0.6 is 23.4 Å². The summed E-state index contributed by atoms with van der Waals surface area (Å²) in [4.78, 5) is 4.58. The molecule has 19 heavy (non-hydrogen) atoms. The standard InChI is InChI=1S/C13H13ClFN3S/c1-6-3-7(2)18-10(4-6)19-13-9(17)5-8(16)11(14)12(13)15/h3-5H,16-17H2,1-2H3. The van der Waals surface area contributed by atoms with E-state index in [4.69, 9.17) is 23.1 Å². The van der Waals surface area contributed by atoms with Crippen molar-refractivity contribution in [3.05, 3.63) is 40.3 Å². The molecule has 0 unspecified atom stereocenters. The Bertz CT molecular complexity index is 626. The highest BCUT2D eigenvalue weighted by molar-refractivity contribution is 7.99. The van der Waals surface area contributed by atoms with Crippen molar-refractivity contribution in [3.8, 4) is 0 Å². The van der Waals surface area contributed by atoms with Gasteiger partial charge < -0.3 is 11.5 Å². The summed E-state index contributed by atoms with van der Waals surface area (Å²) in [7, 11) is 0. The molecule has 0 radical (unpaired) electrons. The second-order valence-corrected chi connectivity index (χ2v) is 5.65. The quantitative estimate of drug-likeness (QED) is 0.827. The minimum atomic E-state index is -0.606.